The first-order chi connectivity index (χ1) is 12.1. The number of hydrogen-bond donors (Lipinski definition) is 0. The van der Waals surface area contributed by atoms with Crippen LogP contribution in [0.4, 0.5) is 8.78 Å². The summed E-state index contributed by atoms with van der Waals surface area (Å²) < 4.78 is 26.6. The zero-order valence-corrected chi connectivity index (χ0v) is 14.3. The monoisotopic (exact) mass is 343 g/mol. The lowest BCUT2D eigenvalue weighted by Crippen LogP contribution is -2.33. The van der Waals surface area contributed by atoms with Gasteiger partial charge in [0.05, 0.1) is 5.56 Å². The van der Waals surface area contributed by atoms with Crippen LogP contribution in [-0.4, -0.2) is 23.8 Å². The highest BCUT2D eigenvalue weighted by molar-refractivity contribution is 5.96. The van der Waals surface area contributed by atoms with Gasteiger partial charge in [-0.05, 0) is 56.0 Å². The molecule has 132 valence electrons. The highest BCUT2D eigenvalue weighted by Gasteiger charge is 2.21. The average Bonchev–Trinajstić information content (AvgIpc) is 2.62. The van der Waals surface area contributed by atoms with E-state index in [1.165, 1.54) is 11.6 Å². The second-order valence-corrected chi connectivity index (χ2v) is 6.79. The van der Waals surface area contributed by atoms with E-state index in [-0.39, 0.29) is 11.3 Å². The number of piperidine rings is 1. The van der Waals surface area contributed by atoms with Crippen molar-refractivity contribution in [2.75, 3.05) is 13.1 Å². The number of likely N-dealkylation sites (tertiary alicyclic amines) is 1. The number of carbonyl (C=O) groups is 1. The van der Waals surface area contributed by atoms with Crippen molar-refractivity contribution in [3.05, 3.63) is 71.3 Å². The Hall–Kier alpha value is -2.07. The predicted octanol–water partition coefficient (Wildman–Crippen LogP) is 4.84. The summed E-state index contributed by atoms with van der Waals surface area (Å²) in [6.07, 6.45) is 3.22. The van der Waals surface area contributed by atoms with E-state index >= 15 is 0 Å². The van der Waals surface area contributed by atoms with Gasteiger partial charge in [-0.1, -0.05) is 30.3 Å². The van der Waals surface area contributed by atoms with Crippen LogP contribution in [0.1, 0.15) is 41.6 Å². The molecule has 2 nitrogen and oxygen atoms in total. The Morgan fingerprint density at radius 3 is 2.44 bits per heavy atom. The van der Waals surface area contributed by atoms with Crippen molar-refractivity contribution < 1.29 is 13.6 Å². The molecule has 0 aliphatic carbocycles. The van der Waals surface area contributed by atoms with Crippen LogP contribution in [-0.2, 0) is 6.54 Å². The lowest BCUT2D eigenvalue weighted by atomic mass is 9.90. The minimum Gasteiger partial charge on any atom is -0.299 e. The molecule has 0 amide bonds. The van der Waals surface area contributed by atoms with Crippen molar-refractivity contribution in [3.8, 4) is 0 Å². The Kier molecular flexibility index (Phi) is 5.92. The molecule has 3 rings (SSSR count). The Bertz CT molecular complexity index is 709. The lowest BCUT2D eigenvalue weighted by Gasteiger charge is -2.32. The van der Waals surface area contributed by atoms with Gasteiger partial charge in [0.2, 0.25) is 0 Å². The molecule has 0 unspecified atom stereocenters. The number of Topliss-reactive ketones (excluding diaryl/α,β-unsaturated/α-hetero) is 1. The smallest absolute Gasteiger partial charge is 0.165 e. The minimum absolute atomic E-state index is 0.00270. The molecule has 0 atom stereocenters. The molecule has 2 aromatic rings. The summed E-state index contributed by atoms with van der Waals surface area (Å²) in [5.74, 6) is -1.15. The maximum absolute atomic E-state index is 13.7. The summed E-state index contributed by atoms with van der Waals surface area (Å²) >= 11 is 0. The van der Waals surface area contributed by atoms with E-state index in [9.17, 15) is 13.6 Å². The first kappa shape index (κ1) is 17.7. The molecule has 0 N–H and O–H groups in total. The molecule has 0 bridgehead atoms. The van der Waals surface area contributed by atoms with Crippen molar-refractivity contribution in [3.63, 3.8) is 0 Å². The zero-order chi connectivity index (χ0) is 17.6. The first-order valence-electron chi connectivity index (χ1n) is 8.86. The van der Waals surface area contributed by atoms with E-state index in [1.807, 2.05) is 6.07 Å². The van der Waals surface area contributed by atoms with Gasteiger partial charge in [0.25, 0.3) is 0 Å². The van der Waals surface area contributed by atoms with E-state index in [2.05, 4.69) is 29.2 Å². The van der Waals surface area contributed by atoms with E-state index in [1.54, 1.807) is 0 Å². The van der Waals surface area contributed by atoms with Gasteiger partial charge in [0, 0.05) is 19.0 Å². The third-order valence-corrected chi connectivity index (χ3v) is 4.97. The normalized spacial score (nSPS) is 16.1. The second-order valence-electron chi connectivity index (χ2n) is 6.79. The van der Waals surface area contributed by atoms with Crippen LogP contribution in [0, 0.1) is 17.6 Å². The van der Waals surface area contributed by atoms with Gasteiger partial charge in [0.15, 0.2) is 5.78 Å². The average molecular weight is 343 g/mol. The van der Waals surface area contributed by atoms with E-state index in [4.69, 9.17) is 0 Å². The minimum atomic E-state index is -0.761. The Morgan fingerprint density at radius 1 is 1.04 bits per heavy atom. The molecule has 4 heteroatoms. The number of rotatable bonds is 6. The van der Waals surface area contributed by atoms with E-state index in [0.717, 1.165) is 51.0 Å². The standard InChI is InChI=1S/C21H23F2NO/c22-18-7-8-19(20(23)14-18)21(25)9-6-16-10-12-24(13-11-16)15-17-4-2-1-3-5-17/h1-5,7-8,14,16H,6,9-13,15H2. The number of benzene rings is 2. The largest absolute Gasteiger partial charge is 0.299 e. The van der Waals surface area contributed by atoms with Gasteiger partial charge >= 0.3 is 0 Å². The van der Waals surface area contributed by atoms with Crippen LogP contribution in [0.5, 0.6) is 0 Å². The van der Waals surface area contributed by atoms with Crippen LogP contribution in [0.3, 0.4) is 0 Å². The second kappa shape index (κ2) is 8.34. The molecule has 1 heterocycles. The maximum Gasteiger partial charge on any atom is 0.165 e. The van der Waals surface area contributed by atoms with Gasteiger partial charge in [-0.25, -0.2) is 8.78 Å². The first-order valence-corrected chi connectivity index (χ1v) is 8.86. The van der Waals surface area contributed by atoms with Gasteiger partial charge in [0.1, 0.15) is 11.6 Å². The Morgan fingerprint density at radius 2 is 1.76 bits per heavy atom. The third kappa shape index (κ3) is 4.95. The summed E-state index contributed by atoms with van der Waals surface area (Å²) in [6, 6.07) is 13.6. The summed E-state index contributed by atoms with van der Waals surface area (Å²) in [7, 11) is 0. The molecule has 0 aromatic heterocycles. The molecule has 1 aliphatic heterocycles. The van der Waals surface area contributed by atoms with Crippen LogP contribution in [0.15, 0.2) is 48.5 Å². The van der Waals surface area contributed by atoms with Crippen molar-refractivity contribution in [2.24, 2.45) is 5.92 Å². The fraction of sp³-hybridized carbons (Fsp3) is 0.381. The predicted molar refractivity (Wildman–Crippen MR) is 94.4 cm³/mol. The van der Waals surface area contributed by atoms with Crippen molar-refractivity contribution in [1.29, 1.82) is 0 Å². The van der Waals surface area contributed by atoms with Crippen LogP contribution in [0.25, 0.3) is 0 Å². The van der Waals surface area contributed by atoms with Crippen LogP contribution < -0.4 is 0 Å². The van der Waals surface area contributed by atoms with Crippen molar-refractivity contribution in [2.45, 2.75) is 32.2 Å². The highest BCUT2D eigenvalue weighted by atomic mass is 19.1. The molecule has 0 saturated carbocycles. The fourth-order valence-corrected chi connectivity index (χ4v) is 3.46. The number of ketones is 1. The zero-order valence-electron chi connectivity index (χ0n) is 14.3. The topological polar surface area (TPSA) is 20.3 Å². The fourth-order valence-electron chi connectivity index (χ4n) is 3.46. The van der Waals surface area contributed by atoms with Gasteiger partial charge in [-0.3, -0.25) is 9.69 Å². The number of hydrogen-bond acceptors (Lipinski definition) is 2. The van der Waals surface area contributed by atoms with Crippen molar-refractivity contribution in [1.82, 2.24) is 4.90 Å². The SMILES string of the molecule is O=C(CCC1CCN(Cc2ccccc2)CC1)c1ccc(F)cc1F. The lowest BCUT2D eigenvalue weighted by molar-refractivity contribution is 0.0957. The molecule has 0 spiro atoms. The molecule has 25 heavy (non-hydrogen) atoms. The number of halogens is 2. The van der Waals surface area contributed by atoms with Crippen LogP contribution in [0.2, 0.25) is 0 Å². The highest BCUT2D eigenvalue weighted by Crippen LogP contribution is 2.24. The van der Waals surface area contributed by atoms with E-state index in [0.29, 0.717) is 12.3 Å². The number of nitrogens with zero attached hydrogens (tertiary/aromatic N) is 1. The van der Waals surface area contributed by atoms with E-state index < -0.39 is 11.6 Å². The van der Waals surface area contributed by atoms with Crippen molar-refractivity contribution >= 4 is 5.78 Å². The van der Waals surface area contributed by atoms with Crippen LogP contribution >= 0.6 is 0 Å². The quantitative estimate of drug-likeness (QED) is 0.700. The molecule has 1 saturated heterocycles. The molecule has 2 aromatic carbocycles. The molecule has 1 fully saturated rings. The number of carbonyl (C=O) groups excluding carboxylic acids is 1. The molecule has 1 aliphatic rings. The summed E-state index contributed by atoms with van der Waals surface area (Å²) in [5.41, 5.74) is 1.32. The van der Waals surface area contributed by atoms with Gasteiger partial charge in [-0.15, -0.1) is 0 Å². The van der Waals surface area contributed by atoms with Gasteiger partial charge in [-0.2, -0.15) is 0 Å². The Balaban J connectivity index is 1.44. The maximum atomic E-state index is 13.7. The summed E-state index contributed by atoms with van der Waals surface area (Å²) in [5, 5.41) is 0. The molecular formula is C21H23F2NO. The molecule has 0 radical (unpaired) electrons. The van der Waals surface area contributed by atoms with Gasteiger partial charge < -0.3 is 0 Å². The third-order valence-electron chi connectivity index (χ3n) is 4.97. The Labute approximate surface area is 147 Å². The molecular weight excluding hydrogens is 320 g/mol. The summed E-state index contributed by atoms with van der Waals surface area (Å²) in [6.45, 7) is 3.02. The summed E-state index contributed by atoms with van der Waals surface area (Å²) in [4.78, 5) is 14.6.